The van der Waals surface area contributed by atoms with Gasteiger partial charge in [-0.05, 0) is 30.4 Å². The standard InChI is InChI=1S/C17H20N4O3/c1-12-7-13(2)10-20(9-12)11-14(8-18)17(22)19-15-3-5-16(6-4-15)21(23)24/h3-6,11-13H,7,9-10H2,1-2H3,(H,19,22)/b14-11-. The first-order valence-corrected chi connectivity index (χ1v) is 7.80. The summed E-state index contributed by atoms with van der Waals surface area (Å²) in [6.45, 7) is 5.94. The normalized spacial score (nSPS) is 21.0. The highest BCUT2D eigenvalue weighted by Crippen LogP contribution is 2.22. The molecule has 1 saturated heterocycles. The highest BCUT2D eigenvalue weighted by Gasteiger charge is 2.21. The van der Waals surface area contributed by atoms with Gasteiger partial charge in [0.15, 0.2) is 0 Å². The van der Waals surface area contributed by atoms with Crippen molar-refractivity contribution in [2.45, 2.75) is 20.3 Å². The van der Waals surface area contributed by atoms with Crippen molar-refractivity contribution in [1.82, 2.24) is 4.90 Å². The molecule has 0 radical (unpaired) electrons. The number of nitriles is 1. The molecule has 1 aromatic rings. The fraction of sp³-hybridized carbons (Fsp3) is 0.412. The van der Waals surface area contributed by atoms with E-state index in [1.807, 2.05) is 11.0 Å². The molecule has 126 valence electrons. The van der Waals surface area contributed by atoms with Crippen molar-refractivity contribution >= 4 is 17.3 Å². The van der Waals surface area contributed by atoms with Crippen LogP contribution in [0.25, 0.3) is 0 Å². The zero-order valence-electron chi connectivity index (χ0n) is 13.7. The Hall–Kier alpha value is -2.88. The summed E-state index contributed by atoms with van der Waals surface area (Å²) < 4.78 is 0. The molecule has 0 bridgehead atoms. The molecule has 0 aromatic heterocycles. The summed E-state index contributed by atoms with van der Waals surface area (Å²) in [5.74, 6) is 0.516. The van der Waals surface area contributed by atoms with E-state index in [0.29, 0.717) is 17.5 Å². The summed E-state index contributed by atoms with van der Waals surface area (Å²) in [6.07, 6.45) is 2.74. The van der Waals surface area contributed by atoms with Gasteiger partial charge in [0.05, 0.1) is 4.92 Å². The Morgan fingerprint density at radius 2 is 1.92 bits per heavy atom. The van der Waals surface area contributed by atoms with Gasteiger partial charge in [-0.2, -0.15) is 5.26 Å². The molecular formula is C17H20N4O3. The second kappa shape index (κ2) is 7.59. The molecule has 1 heterocycles. The van der Waals surface area contributed by atoms with E-state index in [2.05, 4.69) is 19.2 Å². The average Bonchev–Trinajstić information content (AvgIpc) is 2.52. The molecular weight excluding hydrogens is 308 g/mol. The Morgan fingerprint density at radius 3 is 2.42 bits per heavy atom. The number of likely N-dealkylation sites (tertiary alicyclic amines) is 1. The van der Waals surface area contributed by atoms with Crippen molar-refractivity contribution in [3.8, 4) is 6.07 Å². The van der Waals surface area contributed by atoms with Crippen molar-refractivity contribution in [2.24, 2.45) is 11.8 Å². The van der Waals surface area contributed by atoms with E-state index in [4.69, 9.17) is 0 Å². The topological polar surface area (TPSA) is 99.3 Å². The molecule has 2 unspecified atom stereocenters. The average molecular weight is 328 g/mol. The van der Waals surface area contributed by atoms with Crippen molar-refractivity contribution in [3.05, 3.63) is 46.2 Å². The first kappa shape index (κ1) is 17.5. The zero-order valence-corrected chi connectivity index (χ0v) is 13.7. The first-order chi connectivity index (χ1) is 11.4. The fourth-order valence-corrected chi connectivity index (χ4v) is 3.00. The second-order valence-corrected chi connectivity index (χ2v) is 6.31. The number of amides is 1. The third-order valence-corrected chi connectivity index (χ3v) is 3.91. The number of benzene rings is 1. The Kier molecular flexibility index (Phi) is 5.53. The number of nitro groups is 1. The van der Waals surface area contributed by atoms with Gasteiger partial charge in [-0.3, -0.25) is 14.9 Å². The van der Waals surface area contributed by atoms with Crippen molar-refractivity contribution in [3.63, 3.8) is 0 Å². The highest BCUT2D eigenvalue weighted by molar-refractivity contribution is 6.06. The van der Waals surface area contributed by atoms with Gasteiger partial charge in [0.25, 0.3) is 11.6 Å². The predicted octanol–water partition coefficient (Wildman–Crippen LogP) is 2.92. The summed E-state index contributed by atoms with van der Waals surface area (Å²) in [6, 6.07) is 7.42. The highest BCUT2D eigenvalue weighted by atomic mass is 16.6. The number of non-ortho nitro benzene ring substituents is 1. The minimum Gasteiger partial charge on any atom is -0.376 e. The fourth-order valence-electron chi connectivity index (χ4n) is 3.00. The van der Waals surface area contributed by atoms with Gasteiger partial charge < -0.3 is 10.2 Å². The van der Waals surface area contributed by atoms with Crippen LogP contribution in [-0.2, 0) is 4.79 Å². The van der Waals surface area contributed by atoms with Crippen LogP contribution in [0.5, 0.6) is 0 Å². The number of rotatable bonds is 4. The second-order valence-electron chi connectivity index (χ2n) is 6.31. The molecule has 7 heteroatoms. The van der Waals surface area contributed by atoms with Gasteiger partial charge in [-0.25, -0.2) is 0 Å². The van der Waals surface area contributed by atoms with Crippen LogP contribution in [0.1, 0.15) is 20.3 Å². The quantitative estimate of drug-likeness (QED) is 0.396. The van der Waals surface area contributed by atoms with Gasteiger partial charge in [-0.1, -0.05) is 13.8 Å². The van der Waals surface area contributed by atoms with Crippen LogP contribution in [0, 0.1) is 33.3 Å². The Labute approximate surface area is 140 Å². The molecule has 1 aromatic carbocycles. The Balaban J connectivity index is 2.07. The van der Waals surface area contributed by atoms with E-state index >= 15 is 0 Å². The molecule has 2 rings (SSSR count). The summed E-state index contributed by atoms with van der Waals surface area (Å²) in [7, 11) is 0. The van der Waals surface area contributed by atoms with E-state index in [1.165, 1.54) is 24.3 Å². The van der Waals surface area contributed by atoms with Crippen LogP contribution in [0.4, 0.5) is 11.4 Å². The molecule has 1 N–H and O–H groups in total. The SMILES string of the molecule is CC1CC(C)CN(/C=C(/C#N)C(=O)Nc2ccc([N+](=O)[O-])cc2)C1. The van der Waals surface area contributed by atoms with Gasteiger partial charge in [0, 0.05) is 37.1 Å². The molecule has 1 aliphatic rings. The lowest BCUT2D eigenvalue weighted by molar-refractivity contribution is -0.384. The number of anilines is 1. The molecule has 7 nitrogen and oxygen atoms in total. The minimum absolute atomic E-state index is 0.0228. The minimum atomic E-state index is -0.516. The lowest BCUT2D eigenvalue weighted by atomic mass is 9.92. The summed E-state index contributed by atoms with van der Waals surface area (Å²) in [4.78, 5) is 24.4. The maximum Gasteiger partial charge on any atom is 0.269 e. The lowest BCUT2D eigenvalue weighted by Gasteiger charge is -2.34. The van der Waals surface area contributed by atoms with Crippen molar-refractivity contribution < 1.29 is 9.72 Å². The summed E-state index contributed by atoms with van der Waals surface area (Å²) >= 11 is 0. The van der Waals surface area contributed by atoms with Crippen LogP contribution < -0.4 is 5.32 Å². The molecule has 0 saturated carbocycles. The van der Waals surface area contributed by atoms with Crippen LogP contribution in [0.15, 0.2) is 36.0 Å². The van der Waals surface area contributed by atoms with E-state index in [0.717, 1.165) is 19.5 Å². The summed E-state index contributed by atoms with van der Waals surface area (Å²) in [5.41, 5.74) is 0.377. The predicted molar refractivity (Wildman–Crippen MR) is 89.9 cm³/mol. The monoisotopic (exact) mass is 328 g/mol. The third kappa shape index (κ3) is 4.56. The Morgan fingerprint density at radius 1 is 1.33 bits per heavy atom. The molecule has 1 fully saturated rings. The molecule has 1 aliphatic heterocycles. The van der Waals surface area contributed by atoms with E-state index in [-0.39, 0.29) is 11.3 Å². The molecule has 24 heavy (non-hydrogen) atoms. The van der Waals surface area contributed by atoms with Crippen LogP contribution in [0.2, 0.25) is 0 Å². The molecule has 0 aliphatic carbocycles. The zero-order chi connectivity index (χ0) is 17.7. The van der Waals surface area contributed by atoms with Crippen LogP contribution in [0.3, 0.4) is 0 Å². The molecule has 2 atom stereocenters. The third-order valence-electron chi connectivity index (χ3n) is 3.91. The van der Waals surface area contributed by atoms with Gasteiger partial charge in [0.1, 0.15) is 11.6 Å². The summed E-state index contributed by atoms with van der Waals surface area (Å²) in [5, 5.41) is 22.5. The number of nitro benzene ring substituents is 1. The largest absolute Gasteiger partial charge is 0.376 e. The van der Waals surface area contributed by atoms with Gasteiger partial charge in [-0.15, -0.1) is 0 Å². The van der Waals surface area contributed by atoms with Crippen molar-refractivity contribution in [1.29, 1.82) is 5.26 Å². The van der Waals surface area contributed by atoms with Crippen LogP contribution >= 0.6 is 0 Å². The number of nitrogens with one attached hydrogen (secondary N) is 1. The maximum absolute atomic E-state index is 12.2. The van der Waals surface area contributed by atoms with Crippen LogP contribution in [-0.4, -0.2) is 28.8 Å². The number of hydrogen-bond donors (Lipinski definition) is 1. The number of hydrogen-bond acceptors (Lipinski definition) is 5. The molecule has 1 amide bonds. The Bertz CT molecular complexity index is 681. The maximum atomic E-state index is 12.2. The number of nitrogens with zero attached hydrogens (tertiary/aromatic N) is 3. The lowest BCUT2D eigenvalue weighted by Crippen LogP contribution is -2.35. The number of carbonyl (C=O) groups is 1. The van der Waals surface area contributed by atoms with E-state index in [9.17, 15) is 20.2 Å². The van der Waals surface area contributed by atoms with Gasteiger partial charge >= 0.3 is 0 Å². The molecule has 0 spiro atoms. The van der Waals surface area contributed by atoms with E-state index < -0.39 is 10.8 Å². The first-order valence-electron chi connectivity index (χ1n) is 7.80. The number of carbonyl (C=O) groups excluding carboxylic acids is 1. The van der Waals surface area contributed by atoms with Gasteiger partial charge in [0.2, 0.25) is 0 Å². The number of piperidine rings is 1. The smallest absolute Gasteiger partial charge is 0.269 e. The van der Waals surface area contributed by atoms with E-state index in [1.54, 1.807) is 6.20 Å². The van der Waals surface area contributed by atoms with Crippen molar-refractivity contribution in [2.75, 3.05) is 18.4 Å².